The number of hydrogen-bond acceptors (Lipinski definition) is 3. The molecule has 3 N–H and O–H groups in total. The molecule has 1 atom stereocenters. The zero-order chi connectivity index (χ0) is 17.2. The third-order valence-electron chi connectivity index (χ3n) is 3.72. The zero-order valence-corrected chi connectivity index (χ0v) is 17.8. The van der Waals surface area contributed by atoms with Crippen LogP contribution in [0.15, 0.2) is 23.2 Å². The summed E-state index contributed by atoms with van der Waals surface area (Å²) in [6.07, 6.45) is 3.53. The molecule has 0 bridgehead atoms. The molecule has 138 valence electrons. The molecular formula is C18H32IN3O2. The highest BCUT2D eigenvalue weighted by molar-refractivity contribution is 14.0. The molecule has 0 aromatic heterocycles. The van der Waals surface area contributed by atoms with E-state index in [-0.39, 0.29) is 24.0 Å². The summed E-state index contributed by atoms with van der Waals surface area (Å²) in [7, 11) is 3.25. The molecule has 0 aliphatic carbocycles. The molecule has 0 spiro atoms. The highest BCUT2D eigenvalue weighted by Gasteiger charge is 2.09. The SMILES string of the molecule is COc1cccc(CN=C(N)NC(C)CCCC(C)C)c1OC.I. The molecule has 0 radical (unpaired) electrons. The van der Waals surface area contributed by atoms with Gasteiger partial charge in [-0.05, 0) is 25.3 Å². The number of para-hydroxylation sites is 1. The maximum atomic E-state index is 5.98. The van der Waals surface area contributed by atoms with Gasteiger partial charge in [-0.25, -0.2) is 4.99 Å². The molecule has 1 aromatic rings. The van der Waals surface area contributed by atoms with Crippen LogP contribution in [-0.2, 0) is 6.54 Å². The van der Waals surface area contributed by atoms with Gasteiger partial charge in [0.15, 0.2) is 17.5 Å². The average molecular weight is 449 g/mol. The molecule has 0 amide bonds. The van der Waals surface area contributed by atoms with Crippen LogP contribution in [0.1, 0.15) is 45.6 Å². The van der Waals surface area contributed by atoms with Gasteiger partial charge < -0.3 is 20.5 Å². The molecule has 0 aliphatic heterocycles. The maximum Gasteiger partial charge on any atom is 0.189 e. The highest BCUT2D eigenvalue weighted by Crippen LogP contribution is 2.30. The summed E-state index contributed by atoms with van der Waals surface area (Å²) in [5, 5.41) is 3.25. The van der Waals surface area contributed by atoms with Gasteiger partial charge in [-0.15, -0.1) is 24.0 Å². The first kappa shape index (κ1) is 22.8. The van der Waals surface area contributed by atoms with Crippen molar-refractivity contribution in [1.29, 1.82) is 0 Å². The largest absolute Gasteiger partial charge is 0.493 e. The average Bonchev–Trinajstić information content (AvgIpc) is 2.51. The van der Waals surface area contributed by atoms with Gasteiger partial charge in [0.1, 0.15) is 0 Å². The Morgan fingerprint density at radius 2 is 1.88 bits per heavy atom. The van der Waals surface area contributed by atoms with Gasteiger partial charge in [0.25, 0.3) is 0 Å². The predicted octanol–water partition coefficient (Wildman–Crippen LogP) is 3.94. The van der Waals surface area contributed by atoms with E-state index in [2.05, 4.69) is 31.1 Å². The van der Waals surface area contributed by atoms with E-state index in [0.29, 0.717) is 30.0 Å². The van der Waals surface area contributed by atoms with E-state index >= 15 is 0 Å². The molecule has 0 saturated carbocycles. The number of ether oxygens (including phenoxy) is 2. The Hall–Kier alpha value is -1.18. The number of nitrogens with zero attached hydrogens (tertiary/aromatic N) is 1. The van der Waals surface area contributed by atoms with Gasteiger partial charge in [0.05, 0.1) is 20.8 Å². The molecule has 1 rings (SSSR count). The Morgan fingerprint density at radius 1 is 1.17 bits per heavy atom. The fourth-order valence-electron chi connectivity index (χ4n) is 2.45. The van der Waals surface area contributed by atoms with E-state index in [9.17, 15) is 0 Å². The normalized spacial score (nSPS) is 12.5. The van der Waals surface area contributed by atoms with E-state index in [0.717, 1.165) is 17.9 Å². The van der Waals surface area contributed by atoms with E-state index in [1.807, 2.05) is 18.2 Å². The lowest BCUT2D eigenvalue weighted by molar-refractivity contribution is 0.352. The number of nitrogens with two attached hydrogens (primary N) is 1. The molecule has 0 aliphatic rings. The molecular weight excluding hydrogens is 417 g/mol. The minimum atomic E-state index is 0. The Labute approximate surface area is 163 Å². The minimum absolute atomic E-state index is 0. The highest BCUT2D eigenvalue weighted by atomic mass is 127. The smallest absolute Gasteiger partial charge is 0.189 e. The summed E-state index contributed by atoms with van der Waals surface area (Å²) in [6, 6.07) is 6.07. The number of rotatable bonds is 9. The van der Waals surface area contributed by atoms with Gasteiger partial charge in [0, 0.05) is 11.6 Å². The number of hydrogen-bond donors (Lipinski definition) is 2. The Morgan fingerprint density at radius 3 is 2.46 bits per heavy atom. The summed E-state index contributed by atoms with van der Waals surface area (Å²) < 4.78 is 10.7. The first-order chi connectivity index (χ1) is 11.0. The summed E-state index contributed by atoms with van der Waals surface area (Å²) in [5.41, 5.74) is 6.93. The minimum Gasteiger partial charge on any atom is -0.493 e. The van der Waals surface area contributed by atoms with Crippen LogP contribution in [0, 0.1) is 5.92 Å². The van der Waals surface area contributed by atoms with E-state index < -0.39 is 0 Å². The van der Waals surface area contributed by atoms with Gasteiger partial charge in [-0.2, -0.15) is 0 Å². The van der Waals surface area contributed by atoms with E-state index in [4.69, 9.17) is 15.2 Å². The van der Waals surface area contributed by atoms with Crippen molar-refractivity contribution in [3.8, 4) is 11.5 Å². The summed E-state index contributed by atoms with van der Waals surface area (Å²) in [4.78, 5) is 4.41. The van der Waals surface area contributed by atoms with Gasteiger partial charge >= 0.3 is 0 Å². The Kier molecular flexibility index (Phi) is 11.6. The number of halogens is 1. The van der Waals surface area contributed by atoms with Crippen LogP contribution in [0.4, 0.5) is 0 Å². The van der Waals surface area contributed by atoms with E-state index in [1.54, 1.807) is 14.2 Å². The van der Waals surface area contributed by atoms with E-state index in [1.165, 1.54) is 12.8 Å². The fourth-order valence-corrected chi connectivity index (χ4v) is 2.45. The predicted molar refractivity (Wildman–Crippen MR) is 112 cm³/mol. The first-order valence-corrected chi connectivity index (χ1v) is 8.24. The summed E-state index contributed by atoms with van der Waals surface area (Å²) >= 11 is 0. The van der Waals surface area contributed by atoms with Crippen LogP contribution < -0.4 is 20.5 Å². The second-order valence-electron chi connectivity index (χ2n) is 6.22. The molecule has 1 aromatic carbocycles. The summed E-state index contributed by atoms with van der Waals surface area (Å²) in [6.45, 7) is 7.08. The number of methoxy groups -OCH3 is 2. The second-order valence-corrected chi connectivity index (χ2v) is 6.22. The number of aliphatic imine (C=N–C) groups is 1. The van der Waals surface area contributed by atoms with Crippen molar-refractivity contribution in [2.45, 2.75) is 52.6 Å². The lowest BCUT2D eigenvalue weighted by Crippen LogP contribution is -2.38. The van der Waals surface area contributed by atoms with Crippen molar-refractivity contribution in [2.75, 3.05) is 14.2 Å². The van der Waals surface area contributed by atoms with Crippen molar-refractivity contribution in [3.63, 3.8) is 0 Å². The van der Waals surface area contributed by atoms with Crippen molar-refractivity contribution < 1.29 is 9.47 Å². The molecule has 24 heavy (non-hydrogen) atoms. The number of benzene rings is 1. The Balaban J connectivity index is 0.00000529. The number of guanidine groups is 1. The second kappa shape index (κ2) is 12.2. The maximum absolute atomic E-state index is 5.98. The van der Waals surface area contributed by atoms with Gasteiger partial charge in [-0.3, -0.25) is 0 Å². The van der Waals surface area contributed by atoms with Crippen LogP contribution in [0.3, 0.4) is 0 Å². The molecule has 0 fully saturated rings. The molecule has 6 heteroatoms. The molecule has 0 heterocycles. The third-order valence-corrected chi connectivity index (χ3v) is 3.72. The number of nitrogens with one attached hydrogen (secondary N) is 1. The Bertz CT molecular complexity index is 507. The van der Waals surface area contributed by atoms with Crippen LogP contribution in [0.5, 0.6) is 11.5 Å². The van der Waals surface area contributed by atoms with Crippen molar-refractivity contribution in [3.05, 3.63) is 23.8 Å². The van der Waals surface area contributed by atoms with Crippen molar-refractivity contribution in [1.82, 2.24) is 5.32 Å². The monoisotopic (exact) mass is 449 g/mol. The molecule has 5 nitrogen and oxygen atoms in total. The van der Waals surface area contributed by atoms with Crippen LogP contribution in [-0.4, -0.2) is 26.2 Å². The quantitative estimate of drug-likeness (QED) is 0.341. The molecule has 0 saturated heterocycles. The molecule has 1 unspecified atom stereocenters. The van der Waals surface area contributed by atoms with Gasteiger partial charge in [-0.1, -0.05) is 38.8 Å². The lowest BCUT2D eigenvalue weighted by atomic mass is 10.0. The van der Waals surface area contributed by atoms with Crippen LogP contribution in [0.25, 0.3) is 0 Å². The third kappa shape index (κ3) is 8.08. The van der Waals surface area contributed by atoms with Crippen molar-refractivity contribution in [2.24, 2.45) is 16.6 Å². The fraction of sp³-hybridized carbons (Fsp3) is 0.611. The van der Waals surface area contributed by atoms with Gasteiger partial charge in [0.2, 0.25) is 0 Å². The summed E-state index contributed by atoms with van der Waals surface area (Å²) in [5.74, 6) is 2.62. The van der Waals surface area contributed by atoms with Crippen molar-refractivity contribution >= 4 is 29.9 Å². The van der Waals surface area contributed by atoms with Crippen LogP contribution in [0.2, 0.25) is 0 Å². The first-order valence-electron chi connectivity index (χ1n) is 8.24. The lowest BCUT2D eigenvalue weighted by Gasteiger charge is -2.15. The topological polar surface area (TPSA) is 68.9 Å². The van der Waals surface area contributed by atoms with Crippen LogP contribution >= 0.6 is 24.0 Å². The standard InChI is InChI=1S/C18H31N3O2.HI/c1-13(2)8-6-9-14(3)21-18(19)20-12-15-10-7-11-16(22-4)17(15)23-5;/h7,10-11,13-14H,6,8-9,12H2,1-5H3,(H3,19,20,21);1H. The zero-order valence-electron chi connectivity index (χ0n) is 15.5.